The Labute approximate surface area is 121 Å². The molecule has 0 aliphatic carbocycles. The third kappa shape index (κ3) is 11.7. The highest BCUT2D eigenvalue weighted by molar-refractivity contribution is 6.36. The van der Waals surface area contributed by atoms with Gasteiger partial charge in [-0.2, -0.15) is 0 Å². The monoisotopic (exact) mass is 310 g/mol. The highest BCUT2D eigenvalue weighted by Gasteiger charge is 2.05. The van der Waals surface area contributed by atoms with E-state index < -0.39 is 0 Å². The van der Waals surface area contributed by atoms with Crippen molar-refractivity contribution in [3.05, 3.63) is 0 Å². The molecule has 0 aromatic rings. The normalized spacial score (nSPS) is 12.9. The van der Waals surface area contributed by atoms with Crippen LogP contribution in [0.2, 0.25) is 12.1 Å². The smallest absolute Gasteiger partial charge is 0.134 e. The predicted molar refractivity (Wildman–Crippen MR) is 82.4 cm³/mol. The standard InChI is InChI=1S/C12H30O5Si2/c1-13-11(14-2)18-9-5-7-17-8-6-10-19-12(15-3)16-4/h11-12H,5-10,18-19H2,1-4H3. The summed E-state index contributed by atoms with van der Waals surface area (Å²) < 4.78 is 26.3. The highest BCUT2D eigenvalue weighted by Crippen LogP contribution is 1.99. The first-order valence-corrected chi connectivity index (χ1v) is 10.6. The highest BCUT2D eigenvalue weighted by atomic mass is 28.2. The third-order valence-electron chi connectivity index (χ3n) is 3.01. The average Bonchev–Trinajstić information content (AvgIpc) is 2.45. The Morgan fingerprint density at radius 1 is 0.684 bits per heavy atom. The van der Waals surface area contributed by atoms with Gasteiger partial charge in [0.2, 0.25) is 0 Å². The van der Waals surface area contributed by atoms with Crippen molar-refractivity contribution in [3.63, 3.8) is 0 Å². The van der Waals surface area contributed by atoms with Gasteiger partial charge in [0.1, 0.15) is 11.8 Å². The summed E-state index contributed by atoms with van der Waals surface area (Å²) in [6.07, 6.45) is 2.23. The van der Waals surface area contributed by atoms with Crippen LogP contribution in [-0.2, 0) is 23.7 Å². The van der Waals surface area contributed by atoms with Crippen LogP contribution in [0.25, 0.3) is 0 Å². The van der Waals surface area contributed by atoms with Gasteiger partial charge in [-0.25, -0.2) is 0 Å². The van der Waals surface area contributed by atoms with Crippen LogP contribution in [-0.4, -0.2) is 72.5 Å². The molecule has 0 N–H and O–H groups in total. The Hall–Kier alpha value is 0.234. The van der Waals surface area contributed by atoms with E-state index in [1.807, 2.05) is 0 Å². The zero-order valence-electron chi connectivity index (χ0n) is 12.9. The second kappa shape index (κ2) is 14.6. The second-order valence-corrected chi connectivity index (χ2v) is 8.31. The molecule has 0 spiro atoms. The molecule has 19 heavy (non-hydrogen) atoms. The van der Waals surface area contributed by atoms with Gasteiger partial charge in [-0.05, 0) is 12.8 Å². The van der Waals surface area contributed by atoms with E-state index in [1.54, 1.807) is 28.4 Å². The van der Waals surface area contributed by atoms with Crippen LogP contribution in [0.15, 0.2) is 0 Å². The second-order valence-electron chi connectivity index (χ2n) is 4.41. The molecule has 0 atom stereocenters. The molecule has 5 nitrogen and oxygen atoms in total. The summed E-state index contributed by atoms with van der Waals surface area (Å²) in [5.74, 6) is 0.122. The number of rotatable bonds is 14. The van der Waals surface area contributed by atoms with E-state index in [4.69, 9.17) is 23.7 Å². The van der Waals surface area contributed by atoms with Crippen molar-refractivity contribution in [1.82, 2.24) is 0 Å². The average molecular weight is 311 g/mol. The van der Waals surface area contributed by atoms with Crippen LogP contribution in [0, 0.1) is 0 Å². The zero-order valence-corrected chi connectivity index (χ0v) is 15.7. The third-order valence-corrected chi connectivity index (χ3v) is 7.10. The first-order chi connectivity index (χ1) is 9.28. The summed E-state index contributed by atoms with van der Waals surface area (Å²) in [6.45, 7) is 1.71. The van der Waals surface area contributed by atoms with E-state index in [2.05, 4.69) is 0 Å². The molecule has 0 radical (unpaired) electrons. The van der Waals surface area contributed by atoms with Crippen LogP contribution in [0.1, 0.15) is 12.8 Å². The lowest BCUT2D eigenvalue weighted by Crippen LogP contribution is -2.21. The lowest BCUT2D eigenvalue weighted by Gasteiger charge is -2.13. The lowest BCUT2D eigenvalue weighted by atomic mass is 10.5. The minimum Gasteiger partial charge on any atom is -0.381 e. The zero-order chi connectivity index (χ0) is 14.3. The molecule has 116 valence electrons. The van der Waals surface area contributed by atoms with Gasteiger partial charge in [-0.15, -0.1) is 0 Å². The Morgan fingerprint density at radius 3 is 1.37 bits per heavy atom. The molecule has 0 bridgehead atoms. The van der Waals surface area contributed by atoms with E-state index in [0.717, 1.165) is 26.1 Å². The SMILES string of the molecule is COC(OC)[SiH2]CCCOCCC[SiH2]C(OC)OC. The topological polar surface area (TPSA) is 46.2 Å². The maximum atomic E-state index is 5.61. The molecular formula is C12H30O5Si2. The fourth-order valence-electron chi connectivity index (χ4n) is 1.80. The summed E-state index contributed by atoms with van der Waals surface area (Å²) in [5, 5.41) is 0. The lowest BCUT2D eigenvalue weighted by molar-refractivity contribution is -0.0442. The van der Waals surface area contributed by atoms with Crippen molar-refractivity contribution in [1.29, 1.82) is 0 Å². The molecule has 0 saturated carbocycles. The number of hydrogen-bond donors (Lipinski definition) is 0. The Morgan fingerprint density at radius 2 is 1.05 bits per heavy atom. The fourth-order valence-corrected chi connectivity index (χ4v) is 4.39. The van der Waals surface area contributed by atoms with Crippen molar-refractivity contribution in [2.45, 2.75) is 36.8 Å². The molecule has 0 aromatic carbocycles. The molecule has 0 aliphatic rings. The van der Waals surface area contributed by atoms with Crippen molar-refractivity contribution < 1.29 is 23.7 Å². The maximum Gasteiger partial charge on any atom is 0.134 e. The largest absolute Gasteiger partial charge is 0.381 e. The van der Waals surface area contributed by atoms with Crippen molar-refractivity contribution >= 4 is 19.0 Å². The van der Waals surface area contributed by atoms with Gasteiger partial charge in [0.15, 0.2) is 0 Å². The molecule has 0 amide bonds. The van der Waals surface area contributed by atoms with Gasteiger partial charge in [0.05, 0.1) is 19.0 Å². The predicted octanol–water partition coefficient (Wildman–Crippen LogP) is 0.110. The molecule has 0 saturated heterocycles. The summed E-state index contributed by atoms with van der Waals surface area (Å²) in [5.41, 5.74) is 0. The van der Waals surface area contributed by atoms with Crippen LogP contribution in [0.3, 0.4) is 0 Å². The fraction of sp³-hybridized carbons (Fsp3) is 1.00. The molecule has 0 heterocycles. The van der Waals surface area contributed by atoms with Crippen molar-refractivity contribution in [2.75, 3.05) is 41.7 Å². The van der Waals surface area contributed by atoms with Crippen molar-refractivity contribution in [2.24, 2.45) is 0 Å². The molecule has 0 unspecified atom stereocenters. The maximum absolute atomic E-state index is 5.61. The molecule has 0 aromatic heterocycles. The minimum atomic E-state index is -0.286. The van der Waals surface area contributed by atoms with Crippen molar-refractivity contribution in [3.8, 4) is 0 Å². The Balaban J connectivity index is 3.19. The van der Waals surface area contributed by atoms with Gasteiger partial charge < -0.3 is 23.7 Å². The van der Waals surface area contributed by atoms with Gasteiger partial charge in [0, 0.05) is 41.7 Å². The Kier molecular flexibility index (Phi) is 14.8. The van der Waals surface area contributed by atoms with E-state index in [1.165, 1.54) is 12.1 Å². The van der Waals surface area contributed by atoms with E-state index in [9.17, 15) is 0 Å². The summed E-state index contributed by atoms with van der Waals surface area (Å²) in [6, 6.07) is 2.41. The molecule has 0 fully saturated rings. The van der Waals surface area contributed by atoms with E-state index >= 15 is 0 Å². The van der Waals surface area contributed by atoms with Crippen LogP contribution in [0.5, 0.6) is 0 Å². The molecular weight excluding hydrogens is 280 g/mol. The quantitative estimate of drug-likeness (QED) is 0.259. The van der Waals surface area contributed by atoms with Gasteiger partial charge in [-0.1, -0.05) is 12.1 Å². The van der Waals surface area contributed by atoms with Crippen LogP contribution < -0.4 is 0 Å². The van der Waals surface area contributed by atoms with E-state index in [0.29, 0.717) is 0 Å². The van der Waals surface area contributed by atoms with Crippen LogP contribution >= 0.6 is 0 Å². The van der Waals surface area contributed by atoms with E-state index in [-0.39, 0.29) is 30.9 Å². The van der Waals surface area contributed by atoms with Gasteiger partial charge in [-0.3, -0.25) is 0 Å². The summed E-state index contributed by atoms with van der Waals surface area (Å²) in [4.78, 5) is 0. The molecule has 0 rings (SSSR count). The number of methoxy groups -OCH3 is 4. The first kappa shape index (κ1) is 19.2. The number of ether oxygens (including phenoxy) is 5. The molecule has 0 aliphatic heterocycles. The number of hydrogen-bond acceptors (Lipinski definition) is 5. The van der Waals surface area contributed by atoms with Gasteiger partial charge >= 0.3 is 0 Å². The van der Waals surface area contributed by atoms with Crippen LogP contribution in [0.4, 0.5) is 0 Å². The summed E-state index contributed by atoms with van der Waals surface area (Å²) in [7, 11) is 6.24. The summed E-state index contributed by atoms with van der Waals surface area (Å²) >= 11 is 0. The minimum absolute atomic E-state index is 0.0611. The van der Waals surface area contributed by atoms with Gasteiger partial charge in [0.25, 0.3) is 0 Å². The first-order valence-electron chi connectivity index (χ1n) is 6.97. The molecule has 7 heteroatoms. The Bertz CT molecular complexity index is 160.